The molecule has 0 unspecified atom stereocenters. The average molecular weight is 158 g/mol. The fourth-order valence-corrected chi connectivity index (χ4v) is 0.754. The second-order valence-electron chi connectivity index (χ2n) is 2.46. The number of rotatable bonds is 1. The zero-order valence-electron chi connectivity index (χ0n) is 6.01. The van der Waals surface area contributed by atoms with E-state index in [0.717, 1.165) is 19.1 Å². The summed E-state index contributed by atoms with van der Waals surface area (Å²) < 4.78 is 25.0. The van der Waals surface area contributed by atoms with Gasteiger partial charge in [-0.05, 0) is 19.1 Å². The summed E-state index contributed by atoms with van der Waals surface area (Å²) in [6.45, 7) is 1.00. The fourth-order valence-electron chi connectivity index (χ4n) is 0.754. The Labute approximate surface area is 63.3 Å². The molecule has 0 heterocycles. The normalized spacial score (nSPS) is 16.0. The molecule has 1 nitrogen and oxygen atoms in total. The monoisotopic (exact) mass is 158 g/mol. The van der Waals surface area contributed by atoms with Crippen LogP contribution in [-0.4, -0.2) is 5.11 Å². The molecule has 0 bridgehead atoms. The Kier molecular flexibility index (Phi) is 1.91. The highest BCUT2D eigenvalue weighted by molar-refractivity contribution is 5.19. The third kappa shape index (κ3) is 1.98. The standard InChI is InChI=1S/C8H8F2O/c1-8(10,11)6-2-4-7(9)5-3-6/h2-5,11H,1H3/t8-/m1/s1. The third-order valence-electron chi connectivity index (χ3n) is 1.37. The molecule has 1 atom stereocenters. The van der Waals surface area contributed by atoms with E-state index < -0.39 is 11.7 Å². The third-order valence-corrected chi connectivity index (χ3v) is 1.37. The van der Waals surface area contributed by atoms with Crippen molar-refractivity contribution in [2.45, 2.75) is 12.8 Å². The van der Waals surface area contributed by atoms with Crippen molar-refractivity contribution >= 4 is 0 Å². The van der Waals surface area contributed by atoms with Crippen LogP contribution in [0.5, 0.6) is 0 Å². The summed E-state index contributed by atoms with van der Waals surface area (Å²) in [4.78, 5) is 0. The minimum absolute atomic E-state index is 0.0545. The van der Waals surface area contributed by atoms with Crippen LogP contribution in [0.1, 0.15) is 12.5 Å². The molecular formula is C8H8F2O. The van der Waals surface area contributed by atoms with Gasteiger partial charge in [-0.1, -0.05) is 12.1 Å². The van der Waals surface area contributed by atoms with Crippen LogP contribution in [-0.2, 0) is 5.85 Å². The van der Waals surface area contributed by atoms with Crippen LogP contribution in [0, 0.1) is 5.82 Å². The van der Waals surface area contributed by atoms with Gasteiger partial charge in [0, 0.05) is 5.56 Å². The predicted molar refractivity (Wildman–Crippen MR) is 37.1 cm³/mol. The molecule has 0 aliphatic rings. The van der Waals surface area contributed by atoms with E-state index in [0.29, 0.717) is 0 Å². The zero-order chi connectivity index (χ0) is 8.48. The van der Waals surface area contributed by atoms with Crippen LogP contribution in [0.2, 0.25) is 0 Å². The lowest BCUT2D eigenvalue weighted by Gasteiger charge is -2.12. The first-order valence-corrected chi connectivity index (χ1v) is 3.17. The molecule has 1 aromatic carbocycles. The van der Waals surface area contributed by atoms with Gasteiger partial charge in [0.2, 0.25) is 5.85 Å². The van der Waals surface area contributed by atoms with Crippen LogP contribution < -0.4 is 0 Å². The number of alkyl halides is 1. The molecule has 3 heteroatoms. The number of benzene rings is 1. The van der Waals surface area contributed by atoms with Gasteiger partial charge in [0.15, 0.2) is 0 Å². The number of hydrogen-bond acceptors (Lipinski definition) is 1. The van der Waals surface area contributed by atoms with E-state index in [1.807, 2.05) is 0 Å². The van der Waals surface area contributed by atoms with Crippen LogP contribution in [0.3, 0.4) is 0 Å². The van der Waals surface area contributed by atoms with Gasteiger partial charge in [-0.25, -0.2) is 8.78 Å². The van der Waals surface area contributed by atoms with Crippen LogP contribution >= 0.6 is 0 Å². The highest BCUT2D eigenvalue weighted by Crippen LogP contribution is 2.21. The molecule has 1 rings (SSSR count). The molecule has 0 amide bonds. The quantitative estimate of drug-likeness (QED) is 0.662. The van der Waals surface area contributed by atoms with Gasteiger partial charge in [0.1, 0.15) is 5.82 Å². The van der Waals surface area contributed by atoms with E-state index in [1.165, 1.54) is 12.1 Å². The Balaban J connectivity index is 2.99. The molecule has 0 radical (unpaired) electrons. The number of hydrogen-bond donors (Lipinski definition) is 1. The van der Waals surface area contributed by atoms with E-state index >= 15 is 0 Å². The summed E-state index contributed by atoms with van der Waals surface area (Å²) >= 11 is 0. The second kappa shape index (κ2) is 2.58. The first-order chi connectivity index (χ1) is 5.00. The maximum absolute atomic E-state index is 12.7. The summed E-state index contributed by atoms with van der Waals surface area (Å²) in [5, 5.41) is 8.79. The Bertz CT molecular complexity index is 235. The molecule has 1 aromatic rings. The van der Waals surface area contributed by atoms with Crippen molar-refractivity contribution in [3.05, 3.63) is 35.6 Å². The summed E-state index contributed by atoms with van der Waals surface area (Å²) in [5.74, 6) is -2.83. The van der Waals surface area contributed by atoms with E-state index in [2.05, 4.69) is 0 Å². The summed E-state index contributed by atoms with van der Waals surface area (Å²) in [7, 11) is 0. The minimum atomic E-state index is -2.38. The maximum atomic E-state index is 12.7. The second-order valence-corrected chi connectivity index (χ2v) is 2.46. The largest absolute Gasteiger partial charge is 0.358 e. The lowest BCUT2D eigenvalue weighted by atomic mass is 10.1. The predicted octanol–water partition coefficient (Wildman–Crippen LogP) is 1.96. The number of aliphatic hydroxyl groups is 1. The minimum Gasteiger partial charge on any atom is -0.358 e. The highest BCUT2D eigenvalue weighted by Gasteiger charge is 2.20. The molecule has 0 aliphatic carbocycles. The van der Waals surface area contributed by atoms with Crippen molar-refractivity contribution in [3.8, 4) is 0 Å². The molecule has 0 fully saturated rings. The smallest absolute Gasteiger partial charge is 0.230 e. The van der Waals surface area contributed by atoms with Crippen molar-refractivity contribution in [3.63, 3.8) is 0 Å². The van der Waals surface area contributed by atoms with Gasteiger partial charge < -0.3 is 5.11 Å². The van der Waals surface area contributed by atoms with E-state index in [-0.39, 0.29) is 5.56 Å². The van der Waals surface area contributed by atoms with Crippen LogP contribution in [0.4, 0.5) is 8.78 Å². The van der Waals surface area contributed by atoms with E-state index in [9.17, 15) is 8.78 Å². The Morgan fingerprint density at radius 3 is 2.09 bits per heavy atom. The summed E-state index contributed by atoms with van der Waals surface area (Å²) in [6.07, 6.45) is 0. The molecule has 60 valence electrons. The lowest BCUT2D eigenvalue weighted by Crippen LogP contribution is -2.12. The molecule has 0 saturated carbocycles. The van der Waals surface area contributed by atoms with Gasteiger partial charge >= 0.3 is 0 Å². The summed E-state index contributed by atoms with van der Waals surface area (Å²) in [6, 6.07) is 4.61. The van der Waals surface area contributed by atoms with Gasteiger partial charge in [-0.15, -0.1) is 0 Å². The van der Waals surface area contributed by atoms with Gasteiger partial charge in [-0.2, -0.15) is 0 Å². The van der Waals surface area contributed by atoms with Gasteiger partial charge in [0.25, 0.3) is 0 Å². The van der Waals surface area contributed by atoms with Crippen molar-refractivity contribution in [2.75, 3.05) is 0 Å². The molecule has 1 N–H and O–H groups in total. The lowest BCUT2D eigenvalue weighted by molar-refractivity contribution is -0.0769. The van der Waals surface area contributed by atoms with Gasteiger partial charge in [-0.3, -0.25) is 0 Å². The Hall–Kier alpha value is -0.960. The van der Waals surface area contributed by atoms with Crippen molar-refractivity contribution in [2.24, 2.45) is 0 Å². The first-order valence-electron chi connectivity index (χ1n) is 3.17. The highest BCUT2D eigenvalue weighted by atomic mass is 19.2. The van der Waals surface area contributed by atoms with Crippen LogP contribution in [0.15, 0.2) is 24.3 Å². The molecule has 0 saturated heterocycles. The van der Waals surface area contributed by atoms with Crippen molar-refractivity contribution in [1.82, 2.24) is 0 Å². The van der Waals surface area contributed by atoms with Gasteiger partial charge in [0.05, 0.1) is 0 Å². The average Bonchev–Trinajstić information content (AvgIpc) is 1.86. The zero-order valence-corrected chi connectivity index (χ0v) is 6.01. The van der Waals surface area contributed by atoms with Crippen molar-refractivity contribution in [1.29, 1.82) is 0 Å². The molecule has 0 aliphatic heterocycles. The fraction of sp³-hybridized carbons (Fsp3) is 0.250. The SMILES string of the molecule is C[C@](O)(F)c1ccc(F)cc1. The topological polar surface area (TPSA) is 20.2 Å². The van der Waals surface area contributed by atoms with Crippen molar-refractivity contribution < 1.29 is 13.9 Å². The molecule has 11 heavy (non-hydrogen) atoms. The Morgan fingerprint density at radius 2 is 1.73 bits per heavy atom. The van der Waals surface area contributed by atoms with Crippen LogP contribution in [0.25, 0.3) is 0 Å². The molecular weight excluding hydrogens is 150 g/mol. The number of halogens is 2. The van der Waals surface area contributed by atoms with E-state index in [4.69, 9.17) is 5.11 Å². The Morgan fingerprint density at radius 1 is 1.27 bits per heavy atom. The maximum Gasteiger partial charge on any atom is 0.230 e. The molecule has 0 spiro atoms. The van der Waals surface area contributed by atoms with E-state index in [1.54, 1.807) is 0 Å². The first kappa shape index (κ1) is 8.14. The summed E-state index contributed by atoms with van der Waals surface area (Å²) in [5.41, 5.74) is 0.0545. The molecule has 0 aromatic heterocycles.